The maximum atomic E-state index is 12.6. The molecule has 1 aromatic carbocycles. The molecule has 1 aromatic rings. The van der Waals surface area contributed by atoms with Gasteiger partial charge in [-0.25, -0.2) is 0 Å². The molecule has 1 aliphatic carbocycles. The van der Waals surface area contributed by atoms with E-state index in [0.29, 0.717) is 30.2 Å². The summed E-state index contributed by atoms with van der Waals surface area (Å²) in [4.78, 5) is 0. The third-order valence-corrected chi connectivity index (χ3v) is 3.85. The van der Waals surface area contributed by atoms with E-state index in [1.807, 2.05) is 0 Å². The highest BCUT2D eigenvalue weighted by Crippen LogP contribution is 2.36. The van der Waals surface area contributed by atoms with E-state index >= 15 is 0 Å². The fraction of sp³-hybridized carbons (Fsp3) is 0.538. The second-order valence-electron chi connectivity index (χ2n) is 4.69. The van der Waals surface area contributed by atoms with Crippen molar-refractivity contribution >= 4 is 15.9 Å². The lowest BCUT2D eigenvalue weighted by Gasteiger charge is -2.26. The van der Waals surface area contributed by atoms with Crippen molar-refractivity contribution in [3.05, 3.63) is 28.2 Å². The Morgan fingerprint density at radius 3 is 2.37 bits per heavy atom. The van der Waals surface area contributed by atoms with Crippen molar-refractivity contribution in [3.8, 4) is 5.75 Å². The van der Waals surface area contributed by atoms with Gasteiger partial charge in [-0.15, -0.1) is 0 Å². The van der Waals surface area contributed by atoms with Crippen LogP contribution >= 0.6 is 15.9 Å². The molecule has 6 heteroatoms. The Balaban J connectivity index is 2.11. The summed E-state index contributed by atoms with van der Waals surface area (Å²) in [5.41, 5.74) is -0.721. The Labute approximate surface area is 117 Å². The molecule has 0 heterocycles. The predicted molar refractivity (Wildman–Crippen MR) is 68.0 cm³/mol. The molecule has 1 fully saturated rings. The van der Waals surface area contributed by atoms with E-state index in [2.05, 4.69) is 15.9 Å². The first kappa shape index (κ1) is 14.7. The molecule has 0 radical (unpaired) electrons. The van der Waals surface area contributed by atoms with Crippen LogP contribution in [-0.4, -0.2) is 17.3 Å². The minimum Gasteiger partial charge on any atom is -0.489 e. The first-order valence-electron chi connectivity index (χ1n) is 6.07. The quantitative estimate of drug-likeness (QED) is 0.877. The van der Waals surface area contributed by atoms with Crippen LogP contribution in [-0.2, 0) is 6.18 Å². The van der Waals surface area contributed by atoms with E-state index in [4.69, 9.17) is 4.74 Å². The van der Waals surface area contributed by atoms with Crippen LogP contribution in [0.15, 0.2) is 22.7 Å². The summed E-state index contributed by atoms with van der Waals surface area (Å²) in [6.45, 7) is 0. The molecule has 0 atom stereocenters. The Bertz CT molecular complexity index is 440. The highest BCUT2D eigenvalue weighted by molar-refractivity contribution is 9.10. The number of alkyl halides is 3. The number of aliphatic hydroxyl groups is 1. The average molecular weight is 339 g/mol. The summed E-state index contributed by atoms with van der Waals surface area (Å²) in [7, 11) is 0. The number of aliphatic hydroxyl groups excluding tert-OH is 1. The fourth-order valence-electron chi connectivity index (χ4n) is 2.11. The van der Waals surface area contributed by atoms with Crippen LogP contribution in [0.3, 0.4) is 0 Å². The third kappa shape index (κ3) is 3.86. The van der Waals surface area contributed by atoms with E-state index in [1.165, 1.54) is 6.07 Å². The number of hydrogen-bond donors (Lipinski definition) is 1. The summed E-state index contributed by atoms with van der Waals surface area (Å²) >= 11 is 3.19. The third-order valence-electron chi connectivity index (χ3n) is 3.20. The second kappa shape index (κ2) is 5.71. The van der Waals surface area contributed by atoms with Gasteiger partial charge in [0.15, 0.2) is 0 Å². The van der Waals surface area contributed by atoms with Crippen LogP contribution in [0.2, 0.25) is 0 Å². The van der Waals surface area contributed by atoms with Crippen molar-refractivity contribution in [1.82, 2.24) is 0 Å². The lowest BCUT2D eigenvalue weighted by molar-refractivity contribution is -0.137. The Hall–Kier alpha value is -0.750. The largest absolute Gasteiger partial charge is 0.489 e. The van der Waals surface area contributed by atoms with Gasteiger partial charge in [0.05, 0.1) is 22.2 Å². The minimum atomic E-state index is -4.37. The van der Waals surface area contributed by atoms with E-state index in [1.54, 1.807) is 0 Å². The maximum Gasteiger partial charge on any atom is 0.416 e. The topological polar surface area (TPSA) is 29.5 Å². The van der Waals surface area contributed by atoms with E-state index in [0.717, 1.165) is 12.1 Å². The first-order valence-corrected chi connectivity index (χ1v) is 6.87. The van der Waals surface area contributed by atoms with Gasteiger partial charge in [-0.3, -0.25) is 0 Å². The summed E-state index contributed by atoms with van der Waals surface area (Å²) in [5.74, 6) is 0.205. The Morgan fingerprint density at radius 1 is 1.16 bits per heavy atom. The van der Waals surface area contributed by atoms with Gasteiger partial charge in [0.2, 0.25) is 0 Å². The number of benzene rings is 1. The molecule has 2 nitrogen and oxygen atoms in total. The van der Waals surface area contributed by atoms with Crippen LogP contribution in [0.25, 0.3) is 0 Å². The van der Waals surface area contributed by atoms with Crippen molar-refractivity contribution < 1.29 is 23.0 Å². The van der Waals surface area contributed by atoms with Gasteiger partial charge < -0.3 is 9.84 Å². The maximum absolute atomic E-state index is 12.6. The van der Waals surface area contributed by atoms with Gasteiger partial charge >= 0.3 is 6.18 Å². The van der Waals surface area contributed by atoms with Crippen molar-refractivity contribution in [2.24, 2.45) is 0 Å². The van der Waals surface area contributed by atoms with E-state index in [-0.39, 0.29) is 18.0 Å². The molecule has 0 saturated heterocycles. The number of ether oxygens (including phenoxy) is 1. The smallest absolute Gasteiger partial charge is 0.416 e. The van der Waals surface area contributed by atoms with Crippen molar-refractivity contribution in [3.63, 3.8) is 0 Å². The highest BCUT2D eigenvalue weighted by atomic mass is 79.9. The lowest BCUT2D eigenvalue weighted by Crippen LogP contribution is -2.26. The lowest BCUT2D eigenvalue weighted by atomic mass is 9.95. The molecular formula is C13H14BrF3O2. The number of rotatable bonds is 2. The fourth-order valence-corrected chi connectivity index (χ4v) is 2.45. The van der Waals surface area contributed by atoms with Crippen LogP contribution in [0.5, 0.6) is 5.75 Å². The molecular weight excluding hydrogens is 325 g/mol. The molecule has 19 heavy (non-hydrogen) atoms. The van der Waals surface area contributed by atoms with Gasteiger partial charge in [-0.1, -0.05) is 0 Å². The molecule has 0 spiro atoms. The van der Waals surface area contributed by atoms with Gasteiger partial charge in [0.1, 0.15) is 5.75 Å². The average Bonchev–Trinajstić information content (AvgIpc) is 2.33. The van der Waals surface area contributed by atoms with Crippen LogP contribution in [0.4, 0.5) is 13.2 Å². The summed E-state index contributed by atoms with van der Waals surface area (Å²) in [5, 5.41) is 9.38. The summed E-state index contributed by atoms with van der Waals surface area (Å²) in [6.07, 6.45) is -2.26. The summed E-state index contributed by atoms with van der Waals surface area (Å²) < 4.78 is 44.0. The van der Waals surface area contributed by atoms with Crippen molar-refractivity contribution in [2.45, 2.75) is 44.1 Å². The molecule has 0 aliphatic heterocycles. The summed E-state index contributed by atoms with van der Waals surface area (Å²) in [6, 6.07) is 3.37. The normalized spacial score (nSPS) is 24.3. The molecule has 106 valence electrons. The van der Waals surface area contributed by atoms with Crippen molar-refractivity contribution in [1.29, 1.82) is 0 Å². The highest BCUT2D eigenvalue weighted by Gasteiger charge is 2.31. The molecule has 0 bridgehead atoms. The SMILES string of the molecule is OC1CCC(Oc2cc(C(F)(F)F)ccc2Br)CC1. The zero-order chi connectivity index (χ0) is 14.0. The first-order chi connectivity index (χ1) is 8.86. The molecule has 1 saturated carbocycles. The molecule has 2 rings (SSSR count). The van der Waals surface area contributed by atoms with Gasteiger partial charge in [-0.2, -0.15) is 13.2 Å². The van der Waals surface area contributed by atoms with Gasteiger partial charge in [0.25, 0.3) is 0 Å². The number of hydrogen-bond acceptors (Lipinski definition) is 2. The molecule has 0 aromatic heterocycles. The van der Waals surface area contributed by atoms with Crippen LogP contribution in [0.1, 0.15) is 31.2 Å². The molecule has 1 N–H and O–H groups in total. The second-order valence-corrected chi connectivity index (χ2v) is 5.55. The van der Waals surface area contributed by atoms with Crippen LogP contribution < -0.4 is 4.74 Å². The zero-order valence-corrected chi connectivity index (χ0v) is 11.7. The predicted octanol–water partition coefficient (Wildman–Crippen LogP) is 4.15. The Kier molecular flexibility index (Phi) is 4.40. The van der Waals surface area contributed by atoms with E-state index < -0.39 is 11.7 Å². The standard InChI is InChI=1S/C13H14BrF3O2/c14-11-6-1-8(13(15,16)17)7-12(11)19-10-4-2-9(18)3-5-10/h1,6-7,9-10,18H,2-5H2. The van der Waals surface area contributed by atoms with Crippen LogP contribution in [0, 0.1) is 0 Å². The van der Waals surface area contributed by atoms with Gasteiger partial charge in [-0.05, 0) is 59.8 Å². The molecule has 1 aliphatic rings. The molecule has 0 amide bonds. The van der Waals surface area contributed by atoms with Gasteiger partial charge in [0, 0.05) is 0 Å². The van der Waals surface area contributed by atoms with E-state index in [9.17, 15) is 18.3 Å². The molecule has 0 unspecified atom stereocenters. The number of halogens is 4. The zero-order valence-electron chi connectivity index (χ0n) is 10.1. The Morgan fingerprint density at radius 2 is 1.79 bits per heavy atom. The minimum absolute atomic E-state index is 0.136. The monoisotopic (exact) mass is 338 g/mol. The van der Waals surface area contributed by atoms with Crippen molar-refractivity contribution in [2.75, 3.05) is 0 Å².